The predicted octanol–water partition coefficient (Wildman–Crippen LogP) is 3.48. The molecule has 0 spiro atoms. The lowest BCUT2D eigenvalue weighted by Gasteiger charge is -2.61. The number of carbonyl (C=O) groups is 2. The van der Waals surface area contributed by atoms with E-state index in [-0.39, 0.29) is 40.3 Å². The van der Waals surface area contributed by atoms with Gasteiger partial charge in [-0.05, 0) is 42.9 Å². The summed E-state index contributed by atoms with van der Waals surface area (Å²) in [6, 6.07) is 1.16. The SMILES string of the molecule is C=C[C@]1(C)C[C@@H](OC(=O)c2c[nH]c(N)cc2=O)[C@@]2(C)C3C(=O)CCC3(CC[C@H]2C)[C@@H](C)[C@@H]1O. The van der Waals surface area contributed by atoms with Crippen LogP contribution >= 0.6 is 0 Å². The average Bonchev–Trinajstić information content (AvgIpc) is 3.12. The van der Waals surface area contributed by atoms with Crippen molar-refractivity contribution in [2.75, 3.05) is 5.73 Å². The summed E-state index contributed by atoms with van der Waals surface area (Å²) in [5, 5.41) is 11.5. The number of ketones is 1. The fraction of sp³-hybridized carbons (Fsp3) is 0.654. The van der Waals surface area contributed by atoms with Gasteiger partial charge in [0.2, 0.25) is 0 Å². The van der Waals surface area contributed by atoms with E-state index in [2.05, 4.69) is 32.3 Å². The molecule has 8 atom stereocenters. The molecule has 7 nitrogen and oxygen atoms in total. The van der Waals surface area contributed by atoms with E-state index in [0.717, 1.165) is 25.3 Å². The van der Waals surface area contributed by atoms with Gasteiger partial charge in [0.1, 0.15) is 23.3 Å². The van der Waals surface area contributed by atoms with E-state index in [1.807, 2.05) is 6.92 Å². The zero-order valence-electron chi connectivity index (χ0n) is 20.0. The van der Waals surface area contributed by atoms with E-state index in [0.29, 0.717) is 12.8 Å². The largest absolute Gasteiger partial charge is 0.458 e. The van der Waals surface area contributed by atoms with Gasteiger partial charge >= 0.3 is 5.97 Å². The van der Waals surface area contributed by atoms with Gasteiger partial charge in [0.15, 0.2) is 5.43 Å². The number of hydrogen-bond donors (Lipinski definition) is 3. The molecular formula is C26H36N2O5. The molecule has 3 saturated carbocycles. The molecule has 3 fully saturated rings. The predicted molar refractivity (Wildman–Crippen MR) is 125 cm³/mol. The van der Waals surface area contributed by atoms with Crippen molar-refractivity contribution < 1.29 is 19.4 Å². The first kappa shape index (κ1) is 23.7. The standard InChI is InChI=1S/C26H36N2O5/c1-6-24(4)12-19(33-23(32)16-13-28-20(27)11-18(16)30)25(5)14(2)7-9-26(15(3)22(24)31)10-8-17(29)21(25)26/h6,11,13-15,19,21-22,31H,1,7-10,12H2,2-5H3,(H3,27,28,30)/t14-,15+,19-,21?,22+,24-,25+,26?/m1/s1. The van der Waals surface area contributed by atoms with Gasteiger partial charge in [0.25, 0.3) is 0 Å². The second kappa shape index (κ2) is 7.83. The van der Waals surface area contributed by atoms with Gasteiger partial charge in [-0.25, -0.2) is 4.79 Å². The van der Waals surface area contributed by atoms with Gasteiger partial charge < -0.3 is 20.6 Å². The van der Waals surface area contributed by atoms with Crippen LogP contribution in [-0.4, -0.2) is 34.1 Å². The smallest absolute Gasteiger partial charge is 0.343 e. The summed E-state index contributed by atoms with van der Waals surface area (Å²) in [4.78, 5) is 41.7. The normalized spacial score (nSPS) is 42.7. The molecule has 1 heterocycles. The third kappa shape index (κ3) is 3.30. The van der Waals surface area contributed by atoms with Crippen molar-refractivity contribution in [3.05, 3.63) is 40.7 Å². The van der Waals surface area contributed by atoms with Crippen LogP contribution in [0.1, 0.15) is 70.2 Å². The molecule has 4 rings (SSSR count). The Bertz CT molecular complexity index is 1050. The number of Topliss-reactive ketones (excluding diaryl/α,β-unsaturated/α-hetero) is 1. The summed E-state index contributed by atoms with van der Waals surface area (Å²) < 4.78 is 6.12. The van der Waals surface area contributed by atoms with Crippen LogP contribution in [0.4, 0.5) is 5.82 Å². The molecule has 180 valence electrons. The number of aromatic nitrogens is 1. The third-order valence-corrected chi connectivity index (χ3v) is 9.71. The van der Waals surface area contributed by atoms with Gasteiger partial charge in [-0.3, -0.25) is 9.59 Å². The topological polar surface area (TPSA) is 122 Å². The number of anilines is 1. The zero-order chi connectivity index (χ0) is 24.3. The van der Waals surface area contributed by atoms with Crippen LogP contribution in [-0.2, 0) is 9.53 Å². The molecule has 0 aliphatic heterocycles. The first-order chi connectivity index (χ1) is 15.4. The van der Waals surface area contributed by atoms with Crippen LogP contribution in [0, 0.1) is 34.0 Å². The van der Waals surface area contributed by atoms with Crippen LogP contribution < -0.4 is 11.2 Å². The molecule has 2 unspecified atom stereocenters. The van der Waals surface area contributed by atoms with Gasteiger partial charge in [-0.1, -0.05) is 33.8 Å². The highest BCUT2D eigenvalue weighted by Gasteiger charge is 2.68. The van der Waals surface area contributed by atoms with Gasteiger partial charge in [-0.2, -0.15) is 0 Å². The molecular weight excluding hydrogens is 420 g/mol. The maximum Gasteiger partial charge on any atom is 0.343 e. The number of nitrogens with two attached hydrogens (primary N) is 1. The molecule has 0 aromatic carbocycles. The van der Waals surface area contributed by atoms with Crippen LogP contribution in [0.25, 0.3) is 0 Å². The number of aliphatic hydroxyl groups is 1. The van der Waals surface area contributed by atoms with Crippen LogP contribution in [0.3, 0.4) is 0 Å². The van der Waals surface area contributed by atoms with Crippen molar-refractivity contribution in [2.45, 2.75) is 72.0 Å². The van der Waals surface area contributed by atoms with Crippen LogP contribution in [0.15, 0.2) is 29.7 Å². The Morgan fingerprint density at radius 3 is 2.64 bits per heavy atom. The summed E-state index contributed by atoms with van der Waals surface area (Å²) in [7, 11) is 0. The number of aromatic amines is 1. The Labute approximate surface area is 194 Å². The van der Waals surface area contributed by atoms with E-state index in [1.54, 1.807) is 6.08 Å². The molecule has 3 aliphatic carbocycles. The lowest BCUT2D eigenvalue weighted by Crippen LogP contribution is -2.63. The summed E-state index contributed by atoms with van der Waals surface area (Å²) >= 11 is 0. The summed E-state index contributed by atoms with van der Waals surface area (Å²) in [5.74, 6) is -0.678. The van der Waals surface area contributed by atoms with Crippen LogP contribution in [0.5, 0.6) is 0 Å². The quantitative estimate of drug-likeness (QED) is 0.473. The molecule has 0 radical (unpaired) electrons. The van der Waals surface area contributed by atoms with E-state index in [4.69, 9.17) is 10.5 Å². The number of hydrogen-bond acceptors (Lipinski definition) is 6. The lowest BCUT2D eigenvalue weighted by molar-refractivity contribution is -0.192. The van der Waals surface area contributed by atoms with Gasteiger partial charge in [0.05, 0.1) is 6.10 Å². The second-order valence-corrected chi connectivity index (χ2v) is 11.1. The maximum absolute atomic E-state index is 13.4. The Kier molecular flexibility index (Phi) is 5.63. The highest BCUT2D eigenvalue weighted by atomic mass is 16.5. The number of rotatable bonds is 3. The molecule has 0 saturated heterocycles. The molecule has 7 heteroatoms. The minimum Gasteiger partial charge on any atom is -0.458 e. The van der Waals surface area contributed by atoms with E-state index < -0.39 is 34.4 Å². The first-order valence-electron chi connectivity index (χ1n) is 11.9. The fourth-order valence-corrected chi connectivity index (χ4v) is 7.34. The van der Waals surface area contributed by atoms with Crippen molar-refractivity contribution in [1.29, 1.82) is 0 Å². The number of esters is 1. The fourth-order valence-electron chi connectivity index (χ4n) is 7.34. The monoisotopic (exact) mass is 456 g/mol. The van der Waals surface area contributed by atoms with Crippen LogP contribution in [0.2, 0.25) is 0 Å². The number of aliphatic hydroxyl groups excluding tert-OH is 1. The average molecular weight is 457 g/mol. The minimum absolute atomic E-state index is 0.0969. The van der Waals surface area contributed by atoms with Crippen molar-refractivity contribution in [2.24, 2.45) is 34.0 Å². The number of pyridine rings is 1. The molecule has 0 amide bonds. The highest BCUT2D eigenvalue weighted by molar-refractivity contribution is 5.89. The van der Waals surface area contributed by atoms with E-state index >= 15 is 0 Å². The van der Waals surface area contributed by atoms with Gasteiger partial charge in [0, 0.05) is 35.4 Å². The summed E-state index contributed by atoms with van der Waals surface area (Å²) in [5.41, 5.74) is 3.29. The molecule has 3 aliphatic rings. The maximum atomic E-state index is 13.4. The van der Waals surface area contributed by atoms with E-state index in [1.165, 1.54) is 6.20 Å². The van der Waals surface area contributed by atoms with Crippen molar-refractivity contribution in [3.8, 4) is 0 Å². The third-order valence-electron chi connectivity index (χ3n) is 9.71. The molecule has 1 aromatic heterocycles. The Morgan fingerprint density at radius 2 is 2.00 bits per heavy atom. The Balaban J connectivity index is 1.85. The molecule has 2 bridgehead atoms. The lowest BCUT2D eigenvalue weighted by atomic mass is 9.44. The highest BCUT2D eigenvalue weighted by Crippen LogP contribution is 2.68. The number of carbonyl (C=O) groups excluding carboxylic acids is 2. The van der Waals surface area contributed by atoms with Crippen molar-refractivity contribution >= 4 is 17.6 Å². The van der Waals surface area contributed by atoms with E-state index in [9.17, 15) is 19.5 Å². The first-order valence-corrected chi connectivity index (χ1v) is 11.9. The minimum atomic E-state index is -0.745. The van der Waals surface area contributed by atoms with Crippen molar-refractivity contribution in [3.63, 3.8) is 0 Å². The zero-order valence-corrected chi connectivity index (χ0v) is 20.0. The number of nitrogen functional groups attached to an aromatic ring is 1. The van der Waals surface area contributed by atoms with Gasteiger partial charge in [-0.15, -0.1) is 6.58 Å². The molecule has 4 N–H and O–H groups in total. The molecule has 1 aromatic rings. The number of nitrogens with one attached hydrogen (secondary N) is 1. The second-order valence-electron chi connectivity index (χ2n) is 11.1. The number of ether oxygens (including phenoxy) is 1. The summed E-state index contributed by atoms with van der Waals surface area (Å²) in [6.07, 6.45) is 4.91. The molecule has 33 heavy (non-hydrogen) atoms. The summed E-state index contributed by atoms with van der Waals surface area (Å²) in [6.45, 7) is 12.2. The van der Waals surface area contributed by atoms with Crippen molar-refractivity contribution in [1.82, 2.24) is 4.98 Å². The Hall–Kier alpha value is -2.41. The Morgan fingerprint density at radius 1 is 1.30 bits per heavy atom. The number of H-pyrrole nitrogens is 1.